The van der Waals surface area contributed by atoms with Crippen LogP contribution in [0.3, 0.4) is 0 Å². The largest absolute Gasteiger partial charge is 0.497 e. The van der Waals surface area contributed by atoms with Crippen LogP contribution in [0.4, 0.5) is 0 Å². The molecule has 1 N–H and O–H groups in total. The van der Waals surface area contributed by atoms with E-state index in [1.807, 2.05) is 38.1 Å². The van der Waals surface area contributed by atoms with Crippen molar-refractivity contribution < 1.29 is 17.9 Å². The van der Waals surface area contributed by atoms with Gasteiger partial charge in [0.05, 0.1) is 12.0 Å². The molecule has 0 heterocycles. The van der Waals surface area contributed by atoms with Gasteiger partial charge in [-0.05, 0) is 54.8 Å². The van der Waals surface area contributed by atoms with E-state index in [9.17, 15) is 13.2 Å². The van der Waals surface area contributed by atoms with E-state index in [0.717, 1.165) is 24.2 Å². The van der Waals surface area contributed by atoms with Crippen LogP contribution in [-0.2, 0) is 16.6 Å². The minimum Gasteiger partial charge on any atom is -0.497 e. The second kappa shape index (κ2) is 10.2. The van der Waals surface area contributed by atoms with Crippen molar-refractivity contribution in [3.63, 3.8) is 0 Å². The van der Waals surface area contributed by atoms with Crippen LogP contribution in [0.2, 0.25) is 0 Å². The molecule has 0 radical (unpaired) electrons. The van der Waals surface area contributed by atoms with E-state index in [-0.39, 0.29) is 10.8 Å². The monoisotopic (exact) mass is 404 g/mol. The summed E-state index contributed by atoms with van der Waals surface area (Å²) in [6.45, 7) is 5.23. The SMILES string of the molecule is CCCN(CCC)S(=O)(=O)c1ccc(C(=O)NCc2cccc(OC)c2)cc1. The van der Waals surface area contributed by atoms with E-state index < -0.39 is 10.0 Å². The number of hydrogen-bond donors (Lipinski definition) is 1. The van der Waals surface area contributed by atoms with E-state index in [4.69, 9.17) is 4.74 Å². The van der Waals surface area contributed by atoms with Gasteiger partial charge in [-0.15, -0.1) is 0 Å². The van der Waals surface area contributed by atoms with Gasteiger partial charge in [0.15, 0.2) is 0 Å². The molecule has 0 saturated heterocycles. The number of carbonyl (C=O) groups excluding carboxylic acids is 1. The molecule has 2 aromatic carbocycles. The summed E-state index contributed by atoms with van der Waals surface area (Å²) in [4.78, 5) is 12.6. The van der Waals surface area contributed by atoms with E-state index in [2.05, 4.69) is 5.32 Å². The molecule has 0 bridgehead atoms. The molecular weight excluding hydrogens is 376 g/mol. The highest BCUT2D eigenvalue weighted by Crippen LogP contribution is 2.18. The van der Waals surface area contributed by atoms with Crippen molar-refractivity contribution in [2.75, 3.05) is 20.2 Å². The maximum absolute atomic E-state index is 12.8. The lowest BCUT2D eigenvalue weighted by atomic mass is 10.2. The van der Waals surface area contributed by atoms with Gasteiger partial charge in [-0.2, -0.15) is 4.31 Å². The maximum atomic E-state index is 12.8. The number of ether oxygens (including phenoxy) is 1. The summed E-state index contributed by atoms with van der Waals surface area (Å²) in [6.07, 6.45) is 1.51. The Labute approximate surface area is 167 Å². The summed E-state index contributed by atoms with van der Waals surface area (Å²) < 4.78 is 32.2. The van der Waals surface area contributed by atoms with Gasteiger partial charge in [-0.25, -0.2) is 8.42 Å². The first-order valence-corrected chi connectivity index (χ1v) is 10.9. The number of benzene rings is 2. The molecule has 0 atom stereocenters. The summed E-state index contributed by atoms with van der Waals surface area (Å²) in [5.74, 6) is 0.468. The Morgan fingerprint density at radius 2 is 1.68 bits per heavy atom. The van der Waals surface area contributed by atoms with E-state index in [1.165, 1.54) is 16.4 Å². The first kappa shape index (κ1) is 21.9. The smallest absolute Gasteiger partial charge is 0.251 e. The van der Waals surface area contributed by atoms with Crippen molar-refractivity contribution in [1.29, 1.82) is 0 Å². The Bertz CT molecular complexity index is 874. The lowest BCUT2D eigenvalue weighted by Gasteiger charge is -2.21. The third kappa shape index (κ3) is 5.56. The molecule has 6 nitrogen and oxygen atoms in total. The Morgan fingerprint density at radius 3 is 2.25 bits per heavy atom. The molecular formula is C21H28N2O4S. The van der Waals surface area contributed by atoms with Crippen molar-refractivity contribution in [1.82, 2.24) is 9.62 Å². The third-order valence-corrected chi connectivity index (χ3v) is 6.20. The molecule has 152 valence electrons. The Hall–Kier alpha value is -2.38. The van der Waals surface area contributed by atoms with E-state index in [1.54, 1.807) is 19.2 Å². The number of rotatable bonds is 10. The minimum absolute atomic E-state index is 0.207. The minimum atomic E-state index is -3.54. The van der Waals surface area contributed by atoms with Crippen molar-refractivity contribution in [3.8, 4) is 5.75 Å². The van der Waals surface area contributed by atoms with Gasteiger partial charge in [0.25, 0.3) is 5.91 Å². The number of hydrogen-bond acceptors (Lipinski definition) is 4. The van der Waals surface area contributed by atoms with Crippen LogP contribution in [0.5, 0.6) is 5.75 Å². The van der Waals surface area contributed by atoms with E-state index >= 15 is 0 Å². The van der Waals surface area contributed by atoms with Gasteiger partial charge in [0.1, 0.15) is 5.75 Å². The number of sulfonamides is 1. The summed E-state index contributed by atoms with van der Waals surface area (Å²) in [5.41, 5.74) is 1.33. The Balaban J connectivity index is 2.07. The average Bonchev–Trinajstić information content (AvgIpc) is 2.72. The normalized spacial score (nSPS) is 11.4. The van der Waals surface area contributed by atoms with Crippen LogP contribution >= 0.6 is 0 Å². The predicted octanol–water partition coefficient (Wildman–Crippen LogP) is 3.44. The van der Waals surface area contributed by atoms with Crippen LogP contribution in [0.1, 0.15) is 42.6 Å². The maximum Gasteiger partial charge on any atom is 0.251 e. The first-order valence-electron chi connectivity index (χ1n) is 9.43. The van der Waals surface area contributed by atoms with Crippen LogP contribution < -0.4 is 10.1 Å². The van der Waals surface area contributed by atoms with Crippen LogP contribution in [0, 0.1) is 0 Å². The second-order valence-electron chi connectivity index (χ2n) is 6.46. The average molecular weight is 405 g/mol. The van der Waals surface area contributed by atoms with Crippen molar-refractivity contribution in [2.45, 2.75) is 38.1 Å². The summed E-state index contributed by atoms with van der Waals surface area (Å²) in [6, 6.07) is 13.5. The summed E-state index contributed by atoms with van der Waals surface area (Å²) in [5, 5.41) is 2.83. The van der Waals surface area contributed by atoms with Crippen molar-refractivity contribution in [3.05, 3.63) is 59.7 Å². The molecule has 0 aromatic heterocycles. The quantitative estimate of drug-likeness (QED) is 0.658. The van der Waals surface area contributed by atoms with Crippen molar-refractivity contribution in [2.24, 2.45) is 0 Å². The molecule has 2 aromatic rings. The van der Waals surface area contributed by atoms with Crippen LogP contribution in [0.15, 0.2) is 53.4 Å². The zero-order valence-corrected chi connectivity index (χ0v) is 17.5. The third-order valence-electron chi connectivity index (χ3n) is 4.29. The van der Waals surface area contributed by atoms with Gasteiger partial charge in [-0.3, -0.25) is 4.79 Å². The molecule has 0 aliphatic carbocycles. The highest BCUT2D eigenvalue weighted by atomic mass is 32.2. The highest BCUT2D eigenvalue weighted by molar-refractivity contribution is 7.89. The number of methoxy groups -OCH3 is 1. The van der Waals surface area contributed by atoms with Gasteiger partial charge in [0.2, 0.25) is 10.0 Å². The lowest BCUT2D eigenvalue weighted by molar-refractivity contribution is 0.0950. The molecule has 0 fully saturated rings. The lowest BCUT2D eigenvalue weighted by Crippen LogP contribution is -2.32. The van der Waals surface area contributed by atoms with Crippen LogP contribution in [-0.4, -0.2) is 38.8 Å². The fourth-order valence-corrected chi connectivity index (χ4v) is 4.47. The first-order chi connectivity index (χ1) is 13.4. The van der Waals surface area contributed by atoms with E-state index in [0.29, 0.717) is 25.2 Å². The molecule has 28 heavy (non-hydrogen) atoms. The standard InChI is InChI=1S/C21H28N2O4S/c1-4-13-23(14-5-2)28(25,26)20-11-9-18(10-12-20)21(24)22-16-17-7-6-8-19(15-17)27-3/h6-12,15H,4-5,13-14,16H2,1-3H3,(H,22,24). The second-order valence-corrected chi connectivity index (χ2v) is 8.40. The topological polar surface area (TPSA) is 75.7 Å². The van der Waals surface area contributed by atoms with Gasteiger partial charge in [0, 0.05) is 25.2 Å². The molecule has 0 saturated carbocycles. The zero-order chi connectivity index (χ0) is 20.6. The molecule has 0 spiro atoms. The van der Waals surface area contributed by atoms with Gasteiger partial charge in [-0.1, -0.05) is 26.0 Å². The molecule has 0 aliphatic heterocycles. The zero-order valence-electron chi connectivity index (χ0n) is 16.6. The van der Waals surface area contributed by atoms with Crippen LogP contribution in [0.25, 0.3) is 0 Å². The summed E-state index contributed by atoms with van der Waals surface area (Å²) >= 11 is 0. The summed E-state index contributed by atoms with van der Waals surface area (Å²) in [7, 11) is -1.95. The number of carbonyl (C=O) groups is 1. The Kier molecular flexibility index (Phi) is 8.02. The number of nitrogens with zero attached hydrogens (tertiary/aromatic N) is 1. The van der Waals surface area contributed by atoms with Crippen molar-refractivity contribution >= 4 is 15.9 Å². The molecule has 0 aliphatic rings. The molecule has 2 rings (SSSR count). The molecule has 1 amide bonds. The fraction of sp³-hybridized carbons (Fsp3) is 0.381. The molecule has 7 heteroatoms. The van der Waals surface area contributed by atoms with Gasteiger partial charge >= 0.3 is 0 Å². The number of nitrogens with one attached hydrogen (secondary N) is 1. The highest BCUT2D eigenvalue weighted by Gasteiger charge is 2.23. The number of amides is 1. The fourth-order valence-electron chi connectivity index (χ4n) is 2.85. The predicted molar refractivity (Wildman–Crippen MR) is 110 cm³/mol. The van der Waals surface area contributed by atoms with Gasteiger partial charge < -0.3 is 10.1 Å². The molecule has 0 unspecified atom stereocenters. The Morgan fingerprint density at radius 1 is 1.04 bits per heavy atom.